The molecule has 5 heteroatoms. The highest BCUT2D eigenvalue weighted by Gasteiger charge is 2.30. The molecule has 1 unspecified atom stereocenters. The molecule has 0 radical (unpaired) electrons. The largest absolute Gasteiger partial charge is 0.320 e. The third-order valence-electron chi connectivity index (χ3n) is 2.62. The second-order valence-corrected chi connectivity index (χ2v) is 3.65. The van der Waals surface area contributed by atoms with Crippen LogP contribution in [0.1, 0.15) is 12.1 Å². The van der Waals surface area contributed by atoms with E-state index < -0.39 is 0 Å². The first kappa shape index (κ1) is 9.21. The van der Waals surface area contributed by atoms with Crippen molar-refractivity contribution in [2.45, 2.75) is 19.4 Å². The van der Waals surface area contributed by atoms with Gasteiger partial charge in [0.2, 0.25) is 5.91 Å². The molecule has 76 valence electrons. The van der Waals surface area contributed by atoms with Crippen molar-refractivity contribution in [1.29, 1.82) is 0 Å². The summed E-state index contributed by atoms with van der Waals surface area (Å²) in [5, 5.41) is 4.24. The molecule has 1 atom stereocenters. The van der Waals surface area contributed by atoms with E-state index in [9.17, 15) is 4.79 Å². The van der Waals surface area contributed by atoms with Gasteiger partial charge >= 0.3 is 0 Å². The summed E-state index contributed by atoms with van der Waals surface area (Å²) in [5.41, 5.74) is 6.66. The highest BCUT2D eigenvalue weighted by Crippen LogP contribution is 2.19. The number of rotatable bonds is 1. The van der Waals surface area contributed by atoms with E-state index in [0.29, 0.717) is 18.8 Å². The molecule has 0 bridgehead atoms. The Morgan fingerprint density at radius 1 is 1.64 bits per heavy atom. The monoisotopic (exact) mass is 194 g/mol. The van der Waals surface area contributed by atoms with Gasteiger partial charge in [-0.2, -0.15) is 5.10 Å². The average Bonchev–Trinajstić information content (AvgIpc) is 2.61. The topological polar surface area (TPSA) is 64.2 Å². The van der Waals surface area contributed by atoms with Crippen LogP contribution in [-0.2, 0) is 11.8 Å². The van der Waals surface area contributed by atoms with E-state index in [-0.39, 0.29) is 11.9 Å². The van der Waals surface area contributed by atoms with Crippen LogP contribution in [-0.4, -0.2) is 28.3 Å². The first-order chi connectivity index (χ1) is 6.59. The van der Waals surface area contributed by atoms with Gasteiger partial charge in [-0.05, 0) is 13.3 Å². The fourth-order valence-corrected chi connectivity index (χ4v) is 1.60. The van der Waals surface area contributed by atoms with E-state index in [1.54, 1.807) is 9.58 Å². The summed E-state index contributed by atoms with van der Waals surface area (Å²) in [6, 6.07) is 1.55. The third-order valence-corrected chi connectivity index (χ3v) is 2.62. The molecule has 0 spiro atoms. The maximum absolute atomic E-state index is 11.6. The highest BCUT2D eigenvalue weighted by molar-refractivity contribution is 5.98. The van der Waals surface area contributed by atoms with Crippen LogP contribution in [0.3, 0.4) is 0 Å². The molecule has 0 aromatic carbocycles. The van der Waals surface area contributed by atoms with Crippen LogP contribution in [0.15, 0.2) is 6.07 Å². The number of nitrogens with zero attached hydrogens (tertiary/aromatic N) is 3. The number of amides is 1. The van der Waals surface area contributed by atoms with Crippen LogP contribution in [0.2, 0.25) is 0 Å². The molecule has 1 amide bonds. The molecule has 2 heterocycles. The zero-order valence-electron chi connectivity index (χ0n) is 8.40. The lowest BCUT2D eigenvalue weighted by Gasteiger charge is -2.11. The molecule has 1 fully saturated rings. The Hall–Kier alpha value is -1.36. The van der Waals surface area contributed by atoms with Crippen molar-refractivity contribution in [2.75, 3.05) is 11.4 Å². The number of nitrogens with two attached hydrogens (primary N) is 1. The minimum Gasteiger partial charge on any atom is -0.320 e. The van der Waals surface area contributed by atoms with E-state index in [1.165, 1.54) is 0 Å². The van der Waals surface area contributed by atoms with Crippen molar-refractivity contribution in [3.05, 3.63) is 11.8 Å². The molecular formula is C9H14N4O. The number of aryl methyl sites for hydroxylation is 2. The van der Waals surface area contributed by atoms with Crippen LogP contribution in [0, 0.1) is 6.92 Å². The quantitative estimate of drug-likeness (QED) is 0.673. The van der Waals surface area contributed by atoms with Gasteiger partial charge in [0, 0.05) is 25.4 Å². The number of carbonyl (C=O) groups is 1. The van der Waals surface area contributed by atoms with Crippen LogP contribution >= 0.6 is 0 Å². The molecule has 1 aromatic rings. The summed E-state index contributed by atoms with van der Waals surface area (Å²) in [4.78, 5) is 13.2. The van der Waals surface area contributed by atoms with Gasteiger partial charge < -0.3 is 5.73 Å². The van der Waals surface area contributed by atoms with Gasteiger partial charge in [0.1, 0.15) is 0 Å². The summed E-state index contributed by atoms with van der Waals surface area (Å²) < 4.78 is 1.76. The van der Waals surface area contributed by atoms with Crippen molar-refractivity contribution >= 4 is 11.7 Å². The summed E-state index contributed by atoms with van der Waals surface area (Å²) in [6.07, 6.45) is 0.717. The van der Waals surface area contributed by atoms with Gasteiger partial charge in [-0.1, -0.05) is 0 Å². The summed E-state index contributed by atoms with van der Waals surface area (Å²) in [5.74, 6) is 0.686. The Bertz CT molecular complexity index is 351. The first-order valence-electron chi connectivity index (χ1n) is 4.67. The summed E-state index contributed by atoms with van der Waals surface area (Å²) in [6.45, 7) is 2.63. The number of anilines is 1. The molecule has 5 nitrogen and oxygen atoms in total. The van der Waals surface area contributed by atoms with E-state index >= 15 is 0 Å². The molecule has 0 saturated carbocycles. The Morgan fingerprint density at radius 3 is 2.79 bits per heavy atom. The molecule has 2 rings (SSSR count). The zero-order chi connectivity index (χ0) is 10.3. The predicted octanol–water partition coefficient (Wildman–Crippen LogP) is -0.207. The minimum absolute atomic E-state index is 0.0249. The van der Waals surface area contributed by atoms with Gasteiger partial charge in [-0.3, -0.25) is 14.4 Å². The molecule has 1 aliphatic rings. The standard InChI is InChI=1S/C9H14N4O/c1-6-5-8(11-12(6)2)13-4-3-7(10)9(13)14/h5,7H,3-4,10H2,1-2H3. The Balaban J connectivity index is 2.28. The lowest BCUT2D eigenvalue weighted by atomic mass is 10.3. The third kappa shape index (κ3) is 1.29. The molecule has 14 heavy (non-hydrogen) atoms. The maximum Gasteiger partial charge on any atom is 0.245 e. The van der Waals surface area contributed by atoms with E-state index in [1.807, 2.05) is 20.0 Å². The van der Waals surface area contributed by atoms with Crippen molar-refractivity contribution in [3.63, 3.8) is 0 Å². The van der Waals surface area contributed by atoms with Crippen molar-refractivity contribution in [2.24, 2.45) is 12.8 Å². The smallest absolute Gasteiger partial charge is 0.245 e. The lowest BCUT2D eigenvalue weighted by molar-refractivity contribution is -0.118. The van der Waals surface area contributed by atoms with E-state index in [0.717, 1.165) is 5.69 Å². The fourth-order valence-electron chi connectivity index (χ4n) is 1.60. The lowest BCUT2D eigenvalue weighted by Crippen LogP contribution is -2.34. The zero-order valence-corrected chi connectivity index (χ0v) is 8.40. The SMILES string of the molecule is Cc1cc(N2CCC(N)C2=O)nn1C. The van der Waals surface area contributed by atoms with E-state index in [4.69, 9.17) is 5.73 Å². The molecule has 1 aliphatic heterocycles. The van der Waals surface area contributed by atoms with Crippen molar-refractivity contribution < 1.29 is 4.79 Å². The van der Waals surface area contributed by atoms with Crippen molar-refractivity contribution in [3.8, 4) is 0 Å². The molecule has 1 aromatic heterocycles. The van der Waals surface area contributed by atoms with Crippen molar-refractivity contribution in [1.82, 2.24) is 9.78 Å². The second kappa shape index (κ2) is 3.09. The predicted molar refractivity (Wildman–Crippen MR) is 52.9 cm³/mol. The Kier molecular flexibility index (Phi) is 2.03. The van der Waals surface area contributed by atoms with Crippen LogP contribution in [0.5, 0.6) is 0 Å². The maximum atomic E-state index is 11.6. The van der Waals surface area contributed by atoms with Gasteiger partial charge in [-0.15, -0.1) is 0 Å². The van der Waals surface area contributed by atoms with Crippen LogP contribution in [0.25, 0.3) is 0 Å². The van der Waals surface area contributed by atoms with Gasteiger partial charge in [0.25, 0.3) is 0 Å². The number of hydrogen-bond acceptors (Lipinski definition) is 3. The molecule has 1 saturated heterocycles. The highest BCUT2D eigenvalue weighted by atomic mass is 16.2. The average molecular weight is 194 g/mol. The van der Waals surface area contributed by atoms with Gasteiger partial charge in [-0.25, -0.2) is 0 Å². The molecule has 0 aliphatic carbocycles. The van der Waals surface area contributed by atoms with Crippen LogP contribution < -0.4 is 10.6 Å². The molecular weight excluding hydrogens is 180 g/mol. The van der Waals surface area contributed by atoms with Gasteiger partial charge in [0.15, 0.2) is 5.82 Å². The van der Waals surface area contributed by atoms with E-state index in [2.05, 4.69) is 5.10 Å². The first-order valence-corrected chi connectivity index (χ1v) is 4.67. The fraction of sp³-hybridized carbons (Fsp3) is 0.556. The molecule has 2 N–H and O–H groups in total. The second-order valence-electron chi connectivity index (χ2n) is 3.65. The summed E-state index contributed by atoms with van der Waals surface area (Å²) >= 11 is 0. The Labute approximate surface area is 82.5 Å². The number of hydrogen-bond donors (Lipinski definition) is 1. The number of carbonyl (C=O) groups excluding carboxylic acids is 1. The summed E-state index contributed by atoms with van der Waals surface area (Å²) in [7, 11) is 1.86. The number of aromatic nitrogens is 2. The normalized spacial score (nSPS) is 22.1. The van der Waals surface area contributed by atoms with Crippen LogP contribution in [0.4, 0.5) is 5.82 Å². The van der Waals surface area contributed by atoms with Gasteiger partial charge in [0.05, 0.1) is 6.04 Å². The Morgan fingerprint density at radius 2 is 2.36 bits per heavy atom. The minimum atomic E-state index is -0.350.